The van der Waals surface area contributed by atoms with Crippen molar-refractivity contribution in [1.82, 2.24) is 15.5 Å². The van der Waals surface area contributed by atoms with E-state index >= 15 is 0 Å². The van der Waals surface area contributed by atoms with E-state index in [4.69, 9.17) is 9.15 Å². The number of nitrogens with zero attached hydrogens (tertiary/aromatic N) is 2. The SMILES string of the molecule is CC1(c2nnc(C(=O)N[C@H]3CCO[C@@H](c4ccccc4)C3)o2)CC1. The molecule has 1 aromatic carbocycles. The van der Waals surface area contributed by atoms with Gasteiger partial charge < -0.3 is 14.5 Å². The number of carbonyl (C=O) groups excluding carboxylic acids is 1. The Morgan fingerprint density at radius 3 is 2.79 bits per heavy atom. The average Bonchev–Trinajstić information content (AvgIpc) is 3.16. The molecule has 2 aliphatic rings. The standard InChI is InChI=1S/C18H21N3O3/c1-18(8-9-18)17-21-20-16(24-17)15(22)19-13-7-10-23-14(11-13)12-5-3-2-4-6-12/h2-6,13-14H,7-11H2,1H3,(H,19,22)/t13-,14+/m0/s1. The van der Waals surface area contributed by atoms with Crippen molar-refractivity contribution in [3.63, 3.8) is 0 Å². The fourth-order valence-corrected chi connectivity index (χ4v) is 3.04. The fraction of sp³-hybridized carbons (Fsp3) is 0.500. The van der Waals surface area contributed by atoms with Crippen molar-refractivity contribution < 1.29 is 13.9 Å². The zero-order chi connectivity index (χ0) is 16.6. The highest BCUT2D eigenvalue weighted by atomic mass is 16.5. The number of ether oxygens (including phenoxy) is 1. The van der Waals surface area contributed by atoms with Gasteiger partial charge in [0.2, 0.25) is 5.89 Å². The third-order valence-corrected chi connectivity index (χ3v) is 4.93. The molecule has 1 N–H and O–H groups in total. The third kappa shape index (κ3) is 3.06. The van der Waals surface area contributed by atoms with Gasteiger partial charge in [0.05, 0.1) is 6.10 Å². The lowest BCUT2D eigenvalue weighted by molar-refractivity contribution is 0.000650. The van der Waals surface area contributed by atoms with E-state index in [1.807, 2.05) is 18.2 Å². The van der Waals surface area contributed by atoms with E-state index in [1.54, 1.807) is 0 Å². The Morgan fingerprint density at radius 1 is 1.25 bits per heavy atom. The number of hydrogen-bond donors (Lipinski definition) is 1. The number of carbonyl (C=O) groups is 1. The van der Waals surface area contributed by atoms with Gasteiger partial charge in [0, 0.05) is 18.1 Å². The maximum absolute atomic E-state index is 12.4. The predicted octanol–water partition coefficient (Wildman–Crippen LogP) is 2.77. The van der Waals surface area contributed by atoms with Crippen molar-refractivity contribution in [2.75, 3.05) is 6.61 Å². The zero-order valence-corrected chi connectivity index (χ0v) is 13.7. The number of aromatic nitrogens is 2. The summed E-state index contributed by atoms with van der Waals surface area (Å²) in [6.45, 7) is 2.70. The lowest BCUT2D eigenvalue weighted by Gasteiger charge is -2.30. The van der Waals surface area contributed by atoms with E-state index in [-0.39, 0.29) is 29.4 Å². The second-order valence-electron chi connectivity index (χ2n) is 6.94. The predicted molar refractivity (Wildman–Crippen MR) is 86.5 cm³/mol. The Hall–Kier alpha value is -2.21. The van der Waals surface area contributed by atoms with Crippen LogP contribution in [0.25, 0.3) is 0 Å². The Balaban J connectivity index is 1.39. The lowest BCUT2D eigenvalue weighted by Crippen LogP contribution is -2.40. The fourth-order valence-electron chi connectivity index (χ4n) is 3.04. The first-order chi connectivity index (χ1) is 11.6. The molecule has 4 rings (SSSR count). The first kappa shape index (κ1) is 15.3. The maximum atomic E-state index is 12.4. The first-order valence-corrected chi connectivity index (χ1v) is 8.45. The van der Waals surface area contributed by atoms with Gasteiger partial charge in [-0.2, -0.15) is 0 Å². The number of amides is 1. The molecule has 0 unspecified atom stereocenters. The first-order valence-electron chi connectivity index (χ1n) is 8.45. The molecule has 2 fully saturated rings. The summed E-state index contributed by atoms with van der Waals surface area (Å²) in [7, 11) is 0. The van der Waals surface area contributed by atoms with Crippen LogP contribution >= 0.6 is 0 Å². The molecule has 1 aromatic heterocycles. The Morgan fingerprint density at radius 2 is 2.04 bits per heavy atom. The van der Waals surface area contributed by atoms with Gasteiger partial charge in [0.25, 0.3) is 0 Å². The van der Waals surface area contributed by atoms with E-state index < -0.39 is 0 Å². The van der Waals surface area contributed by atoms with Gasteiger partial charge >= 0.3 is 11.8 Å². The average molecular weight is 327 g/mol. The summed E-state index contributed by atoms with van der Waals surface area (Å²) < 4.78 is 11.4. The molecule has 1 saturated heterocycles. The van der Waals surface area contributed by atoms with Crippen molar-refractivity contribution in [2.45, 2.75) is 50.2 Å². The number of hydrogen-bond acceptors (Lipinski definition) is 5. The number of benzene rings is 1. The van der Waals surface area contributed by atoms with Crippen molar-refractivity contribution >= 4 is 5.91 Å². The van der Waals surface area contributed by atoms with Crippen LogP contribution in [0.2, 0.25) is 0 Å². The largest absolute Gasteiger partial charge is 0.416 e. The second-order valence-corrected chi connectivity index (χ2v) is 6.94. The molecule has 1 aliphatic carbocycles. The molecule has 0 spiro atoms. The Bertz CT molecular complexity index is 724. The van der Waals surface area contributed by atoms with Crippen LogP contribution in [0.5, 0.6) is 0 Å². The van der Waals surface area contributed by atoms with E-state index in [1.165, 1.54) is 0 Å². The molecule has 0 radical (unpaired) electrons. The molecule has 6 heteroatoms. The molecule has 6 nitrogen and oxygen atoms in total. The zero-order valence-electron chi connectivity index (χ0n) is 13.7. The number of nitrogens with one attached hydrogen (secondary N) is 1. The summed E-state index contributed by atoms with van der Waals surface area (Å²) in [5, 5.41) is 10.9. The van der Waals surface area contributed by atoms with Gasteiger partial charge in [0.1, 0.15) is 0 Å². The van der Waals surface area contributed by atoms with E-state index in [0.717, 1.165) is 31.2 Å². The maximum Gasteiger partial charge on any atom is 0.309 e. The summed E-state index contributed by atoms with van der Waals surface area (Å²) in [5.41, 5.74) is 1.11. The molecule has 2 aromatic rings. The van der Waals surface area contributed by atoms with Crippen molar-refractivity contribution in [2.24, 2.45) is 0 Å². The van der Waals surface area contributed by atoms with Gasteiger partial charge in [0.15, 0.2) is 0 Å². The van der Waals surface area contributed by atoms with Crippen LogP contribution in [-0.2, 0) is 10.2 Å². The summed E-state index contributed by atoms with van der Waals surface area (Å²) in [4.78, 5) is 12.4. The molecule has 0 bridgehead atoms. The third-order valence-electron chi connectivity index (χ3n) is 4.93. The van der Waals surface area contributed by atoms with E-state index in [2.05, 4.69) is 34.6 Å². The van der Waals surface area contributed by atoms with Gasteiger partial charge in [-0.1, -0.05) is 37.3 Å². The molecule has 1 saturated carbocycles. The van der Waals surface area contributed by atoms with Crippen LogP contribution in [0, 0.1) is 0 Å². The molecule has 24 heavy (non-hydrogen) atoms. The van der Waals surface area contributed by atoms with Gasteiger partial charge in [-0.25, -0.2) is 0 Å². The van der Waals surface area contributed by atoms with Crippen LogP contribution in [0.15, 0.2) is 34.7 Å². The molecule has 2 atom stereocenters. The molecular weight excluding hydrogens is 306 g/mol. The van der Waals surface area contributed by atoms with Gasteiger partial charge in [-0.15, -0.1) is 10.2 Å². The van der Waals surface area contributed by atoms with E-state index in [0.29, 0.717) is 12.5 Å². The monoisotopic (exact) mass is 327 g/mol. The molecule has 1 aliphatic heterocycles. The topological polar surface area (TPSA) is 77.2 Å². The minimum Gasteiger partial charge on any atom is -0.416 e. The van der Waals surface area contributed by atoms with Crippen LogP contribution in [0.1, 0.15) is 60.9 Å². The van der Waals surface area contributed by atoms with Crippen LogP contribution in [-0.4, -0.2) is 28.8 Å². The minimum atomic E-state index is -0.295. The van der Waals surface area contributed by atoms with Crippen LogP contribution in [0.4, 0.5) is 0 Å². The summed E-state index contributed by atoms with van der Waals surface area (Å²) in [5.74, 6) is 0.333. The quantitative estimate of drug-likeness (QED) is 0.934. The summed E-state index contributed by atoms with van der Waals surface area (Å²) in [6, 6.07) is 10.1. The molecular formula is C18H21N3O3. The Labute approximate surface area is 140 Å². The van der Waals surface area contributed by atoms with Gasteiger partial charge in [-0.05, 0) is 31.2 Å². The second kappa shape index (κ2) is 6.02. The molecule has 2 heterocycles. The summed E-state index contributed by atoms with van der Waals surface area (Å²) in [6.07, 6.45) is 3.61. The van der Waals surface area contributed by atoms with E-state index in [9.17, 15) is 4.79 Å². The van der Waals surface area contributed by atoms with Crippen LogP contribution in [0.3, 0.4) is 0 Å². The number of rotatable bonds is 4. The molecule has 1 amide bonds. The minimum absolute atomic E-state index is 0.00821. The van der Waals surface area contributed by atoms with Crippen molar-refractivity contribution in [1.29, 1.82) is 0 Å². The highest BCUT2D eigenvalue weighted by Crippen LogP contribution is 2.46. The van der Waals surface area contributed by atoms with Gasteiger partial charge in [-0.3, -0.25) is 4.79 Å². The normalized spacial score (nSPS) is 25.2. The molecule has 126 valence electrons. The highest BCUT2D eigenvalue weighted by molar-refractivity contribution is 5.89. The van der Waals surface area contributed by atoms with Crippen molar-refractivity contribution in [3.8, 4) is 0 Å². The summed E-state index contributed by atoms with van der Waals surface area (Å²) >= 11 is 0. The highest BCUT2D eigenvalue weighted by Gasteiger charge is 2.44. The van der Waals surface area contributed by atoms with Crippen LogP contribution < -0.4 is 5.32 Å². The lowest BCUT2D eigenvalue weighted by atomic mass is 9.97. The smallest absolute Gasteiger partial charge is 0.309 e. The van der Waals surface area contributed by atoms with Crippen molar-refractivity contribution in [3.05, 3.63) is 47.7 Å². The Kier molecular flexibility index (Phi) is 3.84.